The Bertz CT molecular complexity index is 480. The fourth-order valence-electron chi connectivity index (χ4n) is 2.54. The molecule has 0 unspecified atom stereocenters. The first-order valence-corrected chi connectivity index (χ1v) is 7.33. The minimum atomic E-state index is -0.000590. The molecule has 1 aromatic rings. The topological polar surface area (TPSA) is 38.3 Å². The summed E-state index contributed by atoms with van der Waals surface area (Å²) in [5.41, 5.74) is 3.22. The van der Waals surface area contributed by atoms with Crippen molar-refractivity contribution in [3.05, 3.63) is 47.0 Å². The molecule has 20 heavy (non-hydrogen) atoms. The minimum absolute atomic E-state index is 0.000590. The van der Waals surface area contributed by atoms with Crippen molar-refractivity contribution in [2.24, 2.45) is 0 Å². The van der Waals surface area contributed by atoms with Gasteiger partial charge in [-0.3, -0.25) is 4.79 Å². The Labute approximate surface area is 121 Å². The van der Waals surface area contributed by atoms with E-state index in [1.807, 2.05) is 24.3 Å². The number of benzene rings is 1. The summed E-state index contributed by atoms with van der Waals surface area (Å²) in [6, 6.07) is 7.59. The quantitative estimate of drug-likeness (QED) is 0.806. The summed E-state index contributed by atoms with van der Waals surface area (Å²) in [7, 11) is 1.66. The highest BCUT2D eigenvalue weighted by molar-refractivity contribution is 5.94. The molecule has 108 valence electrons. The molecule has 2 rings (SSSR count). The molecule has 3 nitrogen and oxygen atoms in total. The van der Waals surface area contributed by atoms with Gasteiger partial charge >= 0.3 is 0 Å². The van der Waals surface area contributed by atoms with Crippen LogP contribution in [0.2, 0.25) is 0 Å². The van der Waals surface area contributed by atoms with E-state index in [2.05, 4.69) is 11.4 Å². The molecule has 1 N–H and O–H groups in total. The van der Waals surface area contributed by atoms with Crippen LogP contribution in [0.5, 0.6) is 0 Å². The van der Waals surface area contributed by atoms with Gasteiger partial charge < -0.3 is 10.1 Å². The van der Waals surface area contributed by atoms with E-state index in [0.29, 0.717) is 12.2 Å². The van der Waals surface area contributed by atoms with Gasteiger partial charge in [0, 0.05) is 19.2 Å². The lowest BCUT2D eigenvalue weighted by atomic mass is 9.97. The molecule has 0 aromatic heterocycles. The van der Waals surface area contributed by atoms with E-state index >= 15 is 0 Å². The predicted octanol–water partition coefficient (Wildman–Crippen LogP) is 3.45. The molecule has 0 aliphatic heterocycles. The van der Waals surface area contributed by atoms with Crippen molar-refractivity contribution >= 4 is 5.91 Å². The fourth-order valence-corrected chi connectivity index (χ4v) is 2.54. The van der Waals surface area contributed by atoms with Crippen molar-refractivity contribution in [3.63, 3.8) is 0 Å². The number of hydrogen-bond donors (Lipinski definition) is 1. The highest BCUT2D eigenvalue weighted by Crippen LogP contribution is 2.19. The monoisotopic (exact) mass is 273 g/mol. The maximum Gasteiger partial charge on any atom is 0.251 e. The first kappa shape index (κ1) is 14.8. The molecular weight excluding hydrogens is 250 g/mol. The minimum Gasteiger partial charge on any atom is -0.380 e. The number of carbonyl (C=O) groups excluding carboxylic acids is 1. The number of rotatable bonds is 6. The molecule has 1 amide bonds. The van der Waals surface area contributed by atoms with Gasteiger partial charge in [-0.15, -0.1) is 0 Å². The molecule has 0 fully saturated rings. The van der Waals surface area contributed by atoms with E-state index in [1.165, 1.54) is 31.3 Å². The number of carbonyl (C=O) groups is 1. The summed E-state index contributed by atoms with van der Waals surface area (Å²) in [5, 5.41) is 2.99. The number of nitrogens with one attached hydrogen (secondary N) is 1. The van der Waals surface area contributed by atoms with E-state index in [9.17, 15) is 4.79 Å². The third kappa shape index (κ3) is 4.49. The van der Waals surface area contributed by atoms with Crippen molar-refractivity contribution in [1.82, 2.24) is 5.32 Å². The zero-order valence-electron chi connectivity index (χ0n) is 12.2. The molecule has 1 aromatic carbocycles. The van der Waals surface area contributed by atoms with Crippen LogP contribution in [-0.2, 0) is 11.3 Å². The average Bonchev–Trinajstić information content (AvgIpc) is 2.49. The number of hydrogen-bond acceptors (Lipinski definition) is 2. The zero-order chi connectivity index (χ0) is 14.2. The predicted molar refractivity (Wildman–Crippen MR) is 80.7 cm³/mol. The van der Waals surface area contributed by atoms with Crippen LogP contribution < -0.4 is 5.32 Å². The average molecular weight is 273 g/mol. The van der Waals surface area contributed by atoms with Gasteiger partial charge in [0.1, 0.15) is 0 Å². The summed E-state index contributed by atoms with van der Waals surface area (Å²) >= 11 is 0. The Balaban J connectivity index is 1.82. The Morgan fingerprint density at radius 1 is 1.35 bits per heavy atom. The van der Waals surface area contributed by atoms with Crippen LogP contribution in [0.25, 0.3) is 0 Å². The smallest absolute Gasteiger partial charge is 0.251 e. The van der Waals surface area contributed by atoms with Crippen molar-refractivity contribution in [3.8, 4) is 0 Å². The van der Waals surface area contributed by atoms with Crippen LogP contribution in [0.3, 0.4) is 0 Å². The number of methoxy groups -OCH3 is 1. The lowest BCUT2D eigenvalue weighted by Crippen LogP contribution is -2.25. The van der Waals surface area contributed by atoms with E-state index in [1.54, 1.807) is 7.11 Å². The van der Waals surface area contributed by atoms with Crippen LogP contribution >= 0.6 is 0 Å². The molecule has 0 heterocycles. The maximum atomic E-state index is 12.1. The summed E-state index contributed by atoms with van der Waals surface area (Å²) in [5.74, 6) is -0.000590. The van der Waals surface area contributed by atoms with Crippen molar-refractivity contribution in [2.75, 3.05) is 13.7 Å². The number of allylic oxidation sites excluding steroid dienone is 1. The van der Waals surface area contributed by atoms with Gasteiger partial charge in [-0.25, -0.2) is 0 Å². The summed E-state index contributed by atoms with van der Waals surface area (Å²) in [4.78, 5) is 12.1. The highest BCUT2D eigenvalue weighted by atomic mass is 16.5. The van der Waals surface area contributed by atoms with Gasteiger partial charge in [-0.2, -0.15) is 0 Å². The van der Waals surface area contributed by atoms with Gasteiger partial charge in [-0.05, 0) is 49.8 Å². The SMILES string of the molecule is COCc1cccc(C(=O)NCCC2=CCCCC2)c1. The normalized spacial score (nSPS) is 14.8. The van der Waals surface area contributed by atoms with Crippen LogP contribution in [0.15, 0.2) is 35.9 Å². The fraction of sp³-hybridized carbons (Fsp3) is 0.471. The van der Waals surface area contributed by atoms with E-state index in [0.717, 1.165) is 18.5 Å². The highest BCUT2D eigenvalue weighted by Gasteiger charge is 2.07. The molecular formula is C17H23NO2. The molecule has 1 aliphatic carbocycles. The third-order valence-electron chi connectivity index (χ3n) is 3.62. The lowest BCUT2D eigenvalue weighted by Gasteiger charge is -2.13. The van der Waals surface area contributed by atoms with Crippen molar-refractivity contribution < 1.29 is 9.53 Å². The summed E-state index contributed by atoms with van der Waals surface area (Å²) in [6.07, 6.45) is 8.29. The van der Waals surface area contributed by atoms with E-state index < -0.39 is 0 Å². The first-order chi connectivity index (χ1) is 9.79. The van der Waals surface area contributed by atoms with Gasteiger partial charge in [0.2, 0.25) is 0 Å². The summed E-state index contributed by atoms with van der Waals surface area (Å²) in [6.45, 7) is 1.26. The molecule has 0 atom stereocenters. The second-order valence-corrected chi connectivity index (χ2v) is 5.25. The zero-order valence-corrected chi connectivity index (χ0v) is 12.2. The largest absolute Gasteiger partial charge is 0.380 e. The molecule has 0 saturated carbocycles. The third-order valence-corrected chi connectivity index (χ3v) is 3.62. The molecule has 0 radical (unpaired) electrons. The standard InChI is InChI=1S/C17H23NO2/c1-20-13-15-8-5-9-16(12-15)17(19)18-11-10-14-6-3-2-4-7-14/h5-6,8-9,12H,2-4,7,10-11,13H2,1H3,(H,18,19). The van der Waals surface area contributed by atoms with Crippen LogP contribution in [0.1, 0.15) is 48.0 Å². The Morgan fingerprint density at radius 3 is 3.00 bits per heavy atom. The number of amides is 1. The van der Waals surface area contributed by atoms with Crippen molar-refractivity contribution in [1.29, 1.82) is 0 Å². The summed E-state index contributed by atoms with van der Waals surface area (Å²) < 4.78 is 5.08. The van der Waals surface area contributed by atoms with Crippen LogP contribution in [0.4, 0.5) is 0 Å². The number of ether oxygens (including phenoxy) is 1. The van der Waals surface area contributed by atoms with E-state index in [-0.39, 0.29) is 5.91 Å². The molecule has 1 aliphatic rings. The molecule has 0 spiro atoms. The second kappa shape index (κ2) is 7.85. The van der Waals surface area contributed by atoms with Gasteiger partial charge in [0.15, 0.2) is 0 Å². The first-order valence-electron chi connectivity index (χ1n) is 7.33. The second-order valence-electron chi connectivity index (χ2n) is 5.25. The van der Waals surface area contributed by atoms with Gasteiger partial charge in [-0.1, -0.05) is 23.8 Å². The molecule has 0 saturated heterocycles. The van der Waals surface area contributed by atoms with Crippen LogP contribution in [0, 0.1) is 0 Å². The Morgan fingerprint density at radius 2 is 2.25 bits per heavy atom. The lowest BCUT2D eigenvalue weighted by molar-refractivity contribution is 0.0953. The van der Waals surface area contributed by atoms with Gasteiger partial charge in [0.05, 0.1) is 6.61 Å². The Kier molecular flexibility index (Phi) is 5.81. The Hall–Kier alpha value is -1.61. The molecule has 3 heteroatoms. The molecule has 0 bridgehead atoms. The van der Waals surface area contributed by atoms with E-state index in [4.69, 9.17) is 4.74 Å². The van der Waals surface area contributed by atoms with Crippen molar-refractivity contribution in [2.45, 2.75) is 38.7 Å². The van der Waals surface area contributed by atoms with Gasteiger partial charge in [0.25, 0.3) is 5.91 Å². The maximum absolute atomic E-state index is 12.1. The van der Waals surface area contributed by atoms with Crippen LogP contribution in [-0.4, -0.2) is 19.6 Å².